The van der Waals surface area contributed by atoms with E-state index in [2.05, 4.69) is 74.5 Å². The van der Waals surface area contributed by atoms with Crippen LogP contribution < -0.4 is 0 Å². The van der Waals surface area contributed by atoms with Crippen molar-refractivity contribution in [3.63, 3.8) is 0 Å². The third-order valence-corrected chi connectivity index (χ3v) is 7.11. The van der Waals surface area contributed by atoms with Crippen LogP contribution in [0.25, 0.3) is 22.3 Å². The van der Waals surface area contributed by atoms with Crippen LogP contribution in [-0.4, -0.2) is 11.6 Å². The second-order valence-electron chi connectivity index (χ2n) is 9.48. The third kappa shape index (κ3) is 4.44. The lowest BCUT2D eigenvalue weighted by Crippen LogP contribution is -2.26. The molecule has 0 aliphatic heterocycles. The SMILES string of the molecule is CCCCC1(CCCC)c2cc(C(=O)CC(C)=O)ccc2-c2ccc(-c3ccccc3)cc21. The predicted molar refractivity (Wildman–Crippen MR) is 137 cm³/mol. The summed E-state index contributed by atoms with van der Waals surface area (Å²) in [6, 6.07) is 23.6. The molecule has 1 aliphatic carbocycles. The summed E-state index contributed by atoms with van der Waals surface area (Å²) in [4.78, 5) is 24.4. The number of ketones is 2. The van der Waals surface area contributed by atoms with E-state index in [1.165, 1.54) is 40.3 Å². The van der Waals surface area contributed by atoms with Gasteiger partial charge in [0, 0.05) is 11.0 Å². The summed E-state index contributed by atoms with van der Waals surface area (Å²) in [7, 11) is 0. The molecule has 3 aromatic carbocycles. The Morgan fingerprint density at radius 1 is 0.727 bits per heavy atom. The van der Waals surface area contributed by atoms with Gasteiger partial charge in [0.15, 0.2) is 5.78 Å². The molecule has 0 radical (unpaired) electrons. The number of hydrogen-bond acceptors (Lipinski definition) is 2. The topological polar surface area (TPSA) is 34.1 Å². The standard InChI is InChI=1S/C31H34O2/c1-4-6-17-31(18-7-5-2)28-20-24(23-11-9-8-10-12-23)13-15-26(28)27-16-14-25(21-29(27)31)30(33)19-22(3)32/h8-16,20-21H,4-7,17-19H2,1-3H3. The molecule has 1 aliphatic rings. The van der Waals surface area contributed by atoms with Crippen molar-refractivity contribution in [2.45, 2.75) is 71.1 Å². The second kappa shape index (κ2) is 9.87. The molecule has 0 saturated heterocycles. The van der Waals surface area contributed by atoms with E-state index in [0.717, 1.165) is 38.5 Å². The first-order chi connectivity index (χ1) is 16.0. The normalized spacial score (nSPS) is 13.4. The highest BCUT2D eigenvalue weighted by molar-refractivity contribution is 6.08. The van der Waals surface area contributed by atoms with Gasteiger partial charge in [0.2, 0.25) is 0 Å². The molecule has 0 atom stereocenters. The summed E-state index contributed by atoms with van der Waals surface area (Å²) in [5, 5.41) is 0. The molecule has 2 nitrogen and oxygen atoms in total. The van der Waals surface area contributed by atoms with E-state index in [1.807, 2.05) is 6.07 Å². The largest absolute Gasteiger partial charge is 0.300 e. The van der Waals surface area contributed by atoms with Gasteiger partial charge in [-0.05, 0) is 65.3 Å². The highest BCUT2D eigenvalue weighted by Gasteiger charge is 2.42. The smallest absolute Gasteiger partial charge is 0.170 e. The molecule has 0 saturated carbocycles. The van der Waals surface area contributed by atoms with Gasteiger partial charge in [-0.3, -0.25) is 9.59 Å². The summed E-state index contributed by atoms with van der Waals surface area (Å²) in [5.74, 6) is -0.161. The second-order valence-corrected chi connectivity index (χ2v) is 9.48. The molecule has 0 bridgehead atoms. The zero-order valence-electron chi connectivity index (χ0n) is 20.1. The minimum Gasteiger partial charge on any atom is -0.300 e. The van der Waals surface area contributed by atoms with Crippen molar-refractivity contribution in [3.8, 4) is 22.3 Å². The van der Waals surface area contributed by atoms with E-state index < -0.39 is 0 Å². The molecule has 2 heteroatoms. The predicted octanol–water partition coefficient (Wildman–Crippen LogP) is 8.16. The van der Waals surface area contributed by atoms with Crippen LogP contribution in [0.3, 0.4) is 0 Å². The number of fused-ring (bicyclic) bond motifs is 3. The van der Waals surface area contributed by atoms with E-state index in [-0.39, 0.29) is 23.4 Å². The summed E-state index contributed by atoms with van der Waals surface area (Å²) in [5.41, 5.74) is 8.27. The Kier molecular flexibility index (Phi) is 6.93. The van der Waals surface area contributed by atoms with Gasteiger partial charge >= 0.3 is 0 Å². The Balaban J connectivity index is 1.90. The van der Waals surface area contributed by atoms with E-state index in [1.54, 1.807) is 0 Å². The average molecular weight is 439 g/mol. The zero-order valence-corrected chi connectivity index (χ0v) is 20.1. The van der Waals surface area contributed by atoms with Crippen LogP contribution in [0.1, 0.15) is 87.2 Å². The zero-order chi connectivity index (χ0) is 23.4. The van der Waals surface area contributed by atoms with Crippen LogP contribution in [0.15, 0.2) is 66.7 Å². The van der Waals surface area contributed by atoms with Gasteiger partial charge in [-0.15, -0.1) is 0 Å². The number of rotatable bonds is 10. The van der Waals surface area contributed by atoms with Gasteiger partial charge in [-0.1, -0.05) is 94.1 Å². The Morgan fingerprint density at radius 2 is 1.33 bits per heavy atom. The van der Waals surface area contributed by atoms with E-state index >= 15 is 0 Å². The van der Waals surface area contributed by atoms with Crippen LogP contribution in [0.2, 0.25) is 0 Å². The molecule has 0 amide bonds. The molecule has 0 fully saturated rings. The fraction of sp³-hybridized carbons (Fsp3) is 0.355. The van der Waals surface area contributed by atoms with Crippen molar-refractivity contribution in [1.29, 1.82) is 0 Å². The summed E-state index contributed by atoms with van der Waals surface area (Å²) >= 11 is 0. The van der Waals surface area contributed by atoms with Crippen molar-refractivity contribution in [3.05, 3.63) is 83.4 Å². The molecule has 170 valence electrons. The lowest BCUT2D eigenvalue weighted by Gasteiger charge is -2.33. The van der Waals surface area contributed by atoms with Gasteiger partial charge in [0.1, 0.15) is 5.78 Å². The number of Topliss-reactive ketones (excluding diaryl/α,β-unsaturated/α-hetero) is 2. The minimum atomic E-state index is -0.0893. The lowest BCUT2D eigenvalue weighted by atomic mass is 9.70. The fourth-order valence-electron chi connectivity index (χ4n) is 5.43. The van der Waals surface area contributed by atoms with Crippen molar-refractivity contribution in [2.75, 3.05) is 0 Å². The lowest BCUT2D eigenvalue weighted by molar-refractivity contribution is -0.116. The summed E-state index contributed by atoms with van der Waals surface area (Å²) in [6.07, 6.45) is 6.69. The first-order valence-corrected chi connectivity index (χ1v) is 12.4. The van der Waals surface area contributed by atoms with Gasteiger partial charge in [0.05, 0.1) is 6.42 Å². The highest BCUT2D eigenvalue weighted by Crippen LogP contribution is 2.55. The van der Waals surface area contributed by atoms with Gasteiger partial charge in [0.25, 0.3) is 0 Å². The number of hydrogen-bond donors (Lipinski definition) is 0. The fourth-order valence-corrected chi connectivity index (χ4v) is 5.43. The van der Waals surface area contributed by atoms with Gasteiger partial charge in [-0.25, -0.2) is 0 Å². The molecule has 0 spiro atoms. The Bertz CT molecular complexity index is 1150. The summed E-state index contributed by atoms with van der Waals surface area (Å²) < 4.78 is 0. The van der Waals surface area contributed by atoms with Crippen molar-refractivity contribution < 1.29 is 9.59 Å². The molecule has 0 heterocycles. The maximum atomic E-state index is 12.8. The number of carbonyl (C=O) groups is 2. The molecule has 33 heavy (non-hydrogen) atoms. The Morgan fingerprint density at radius 3 is 1.94 bits per heavy atom. The van der Waals surface area contributed by atoms with Crippen LogP contribution in [-0.2, 0) is 10.2 Å². The number of benzene rings is 3. The quantitative estimate of drug-likeness (QED) is 0.236. The van der Waals surface area contributed by atoms with E-state index in [0.29, 0.717) is 5.56 Å². The molecular weight excluding hydrogens is 404 g/mol. The van der Waals surface area contributed by atoms with Crippen LogP contribution in [0.5, 0.6) is 0 Å². The molecule has 4 rings (SSSR count). The van der Waals surface area contributed by atoms with Crippen molar-refractivity contribution in [2.24, 2.45) is 0 Å². The Labute approximate surface area is 198 Å². The van der Waals surface area contributed by atoms with Gasteiger partial charge in [-0.2, -0.15) is 0 Å². The van der Waals surface area contributed by atoms with Crippen LogP contribution >= 0.6 is 0 Å². The van der Waals surface area contributed by atoms with Crippen LogP contribution in [0, 0.1) is 0 Å². The highest BCUT2D eigenvalue weighted by atomic mass is 16.1. The molecule has 0 aromatic heterocycles. The van der Waals surface area contributed by atoms with Crippen LogP contribution in [0.4, 0.5) is 0 Å². The monoisotopic (exact) mass is 438 g/mol. The Hall–Kier alpha value is -3.00. The van der Waals surface area contributed by atoms with Crippen molar-refractivity contribution >= 4 is 11.6 Å². The third-order valence-electron chi connectivity index (χ3n) is 7.11. The first-order valence-electron chi connectivity index (χ1n) is 12.4. The molecule has 0 unspecified atom stereocenters. The van der Waals surface area contributed by atoms with Gasteiger partial charge < -0.3 is 0 Å². The number of carbonyl (C=O) groups excluding carboxylic acids is 2. The average Bonchev–Trinajstić information content (AvgIpc) is 3.10. The summed E-state index contributed by atoms with van der Waals surface area (Å²) in [6.45, 7) is 5.98. The molecular formula is C31H34O2. The first kappa shape index (κ1) is 23.2. The minimum absolute atomic E-state index is 0.0270. The maximum Gasteiger partial charge on any atom is 0.170 e. The number of unbranched alkanes of at least 4 members (excludes halogenated alkanes) is 2. The maximum absolute atomic E-state index is 12.8. The molecule has 3 aromatic rings. The molecule has 0 N–H and O–H groups in total. The van der Waals surface area contributed by atoms with E-state index in [9.17, 15) is 9.59 Å². The van der Waals surface area contributed by atoms with E-state index in [4.69, 9.17) is 0 Å². The van der Waals surface area contributed by atoms with Crippen molar-refractivity contribution in [1.82, 2.24) is 0 Å².